The van der Waals surface area contributed by atoms with E-state index in [4.69, 9.17) is 6.42 Å². The molecular weight excluding hydrogens is 327 g/mol. The van der Waals surface area contributed by atoms with Crippen LogP contribution in [0.2, 0.25) is 0 Å². The number of hydrogen-bond donors (Lipinski definition) is 0. The average molecular weight is 343 g/mol. The molecule has 2 aromatic rings. The third kappa shape index (κ3) is 3.69. The number of terminal acetylenes is 1. The van der Waals surface area contributed by atoms with Crippen molar-refractivity contribution in [3.63, 3.8) is 0 Å². The number of carbonyl (C=O) groups is 1. The molecule has 0 saturated carbocycles. The van der Waals surface area contributed by atoms with Gasteiger partial charge in [-0.3, -0.25) is 4.79 Å². The van der Waals surface area contributed by atoms with E-state index in [1.54, 1.807) is 35.2 Å². The number of amides is 1. The average Bonchev–Trinajstić information content (AvgIpc) is 2.56. The van der Waals surface area contributed by atoms with Crippen LogP contribution >= 0.6 is 0 Å². The van der Waals surface area contributed by atoms with Crippen LogP contribution in [-0.2, 0) is 12.6 Å². The summed E-state index contributed by atoms with van der Waals surface area (Å²) >= 11 is 0. The van der Waals surface area contributed by atoms with E-state index in [0.29, 0.717) is 30.6 Å². The summed E-state index contributed by atoms with van der Waals surface area (Å²) < 4.78 is 39.1. The van der Waals surface area contributed by atoms with Crippen molar-refractivity contribution in [2.45, 2.75) is 12.6 Å². The molecule has 25 heavy (non-hydrogen) atoms. The highest BCUT2D eigenvalue weighted by Crippen LogP contribution is 2.34. The molecule has 1 aliphatic rings. The summed E-state index contributed by atoms with van der Waals surface area (Å²) in [5, 5.41) is 0. The van der Waals surface area contributed by atoms with Crippen LogP contribution in [-0.4, -0.2) is 23.9 Å². The Morgan fingerprint density at radius 3 is 2.56 bits per heavy atom. The summed E-state index contributed by atoms with van der Waals surface area (Å²) in [5.74, 6) is 2.37. The predicted octanol–water partition coefficient (Wildman–Crippen LogP) is 4.00. The summed E-state index contributed by atoms with van der Waals surface area (Å²) in [4.78, 5) is 14.0. The molecular formula is C20H16F3NO. The fraction of sp³-hybridized carbons (Fsp3) is 0.250. The molecule has 128 valence electrons. The van der Waals surface area contributed by atoms with Gasteiger partial charge in [0.2, 0.25) is 0 Å². The van der Waals surface area contributed by atoms with E-state index < -0.39 is 11.7 Å². The Kier molecular flexibility index (Phi) is 4.54. The molecule has 1 fully saturated rings. The highest BCUT2D eigenvalue weighted by molar-refractivity contribution is 5.95. The van der Waals surface area contributed by atoms with E-state index in [2.05, 4.69) is 5.92 Å². The molecule has 1 saturated heterocycles. The zero-order valence-electron chi connectivity index (χ0n) is 13.4. The Balaban J connectivity index is 1.64. The molecule has 0 N–H and O–H groups in total. The number of nitrogens with zero attached hydrogens (tertiary/aromatic N) is 1. The van der Waals surface area contributed by atoms with Crippen LogP contribution < -0.4 is 0 Å². The van der Waals surface area contributed by atoms with Crippen LogP contribution in [0.4, 0.5) is 13.2 Å². The minimum atomic E-state index is -4.36. The number of benzene rings is 2. The molecule has 0 bridgehead atoms. The lowest BCUT2D eigenvalue weighted by atomic mass is 9.89. The lowest BCUT2D eigenvalue weighted by Crippen LogP contribution is -2.50. The molecule has 1 amide bonds. The normalized spacial score (nSPS) is 14.7. The first-order valence-electron chi connectivity index (χ1n) is 7.89. The van der Waals surface area contributed by atoms with Crippen molar-refractivity contribution in [3.05, 3.63) is 70.8 Å². The molecule has 0 radical (unpaired) electrons. The molecule has 0 aliphatic carbocycles. The van der Waals surface area contributed by atoms with Crippen LogP contribution in [0.25, 0.3) is 0 Å². The van der Waals surface area contributed by atoms with E-state index in [9.17, 15) is 18.0 Å². The van der Waals surface area contributed by atoms with Gasteiger partial charge >= 0.3 is 6.18 Å². The van der Waals surface area contributed by atoms with Crippen molar-refractivity contribution in [3.8, 4) is 12.3 Å². The quantitative estimate of drug-likeness (QED) is 0.772. The molecule has 2 aromatic carbocycles. The minimum Gasteiger partial charge on any atom is -0.338 e. The van der Waals surface area contributed by atoms with E-state index in [1.807, 2.05) is 0 Å². The second-order valence-electron chi connectivity index (χ2n) is 6.16. The number of carbonyl (C=O) groups excluding carboxylic acids is 1. The van der Waals surface area contributed by atoms with Crippen molar-refractivity contribution >= 4 is 5.91 Å². The maximum atomic E-state index is 13.0. The van der Waals surface area contributed by atoms with Gasteiger partial charge in [-0.25, -0.2) is 0 Å². The predicted molar refractivity (Wildman–Crippen MR) is 88.9 cm³/mol. The molecule has 0 unspecified atom stereocenters. The summed E-state index contributed by atoms with van der Waals surface area (Å²) in [6.45, 7) is 0.899. The first kappa shape index (κ1) is 17.1. The van der Waals surface area contributed by atoms with Crippen molar-refractivity contribution in [1.29, 1.82) is 0 Å². The molecule has 0 atom stereocenters. The Labute approximate surface area is 144 Å². The van der Waals surface area contributed by atoms with Gasteiger partial charge in [0.1, 0.15) is 0 Å². The van der Waals surface area contributed by atoms with Crippen molar-refractivity contribution in [2.75, 3.05) is 13.1 Å². The van der Waals surface area contributed by atoms with Gasteiger partial charge in [0.25, 0.3) is 5.91 Å². The second-order valence-corrected chi connectivity index (χ2v) is 6.16. The summed E-state index contributed by atoms with van der Waals surface area (Å²) in [6, 6.07) is 12.4. The molecule has 5 heteroatoms. The summed E-state index contributed by atoms with van der Waals surface area (Å²) in [7, 11) is 0. The summed E-state index contributed by atoms with van der Waals surface area (Å²) in [6.07, 6.45) is 1.29. The number of rotatable bonds is 3. The number of halogens is 3. The zero-order valence-corrected chi connectivity index (χ0v) is 13.4. The first-order chi connectivity index (χ1) is 11.9. The monoisotopic (exact) mass is 343 g/mol. The van der Waals surface area contributed by atoms with Crippen molar-refractivity contribution < 1.29 is 18.0 Å². The maximum absolute atomic E-state index is 13.0. The third-order valence-electron chi connectivity index (χ3n) is 4.35. The Hall–Kier alpha value is -2.74. The van der Waals surface area contributed by atoms with E-state index in [-0.39, 0.29) is 17.4 Å². The molecule has 1 heterocycles. The van der Waals surface area contributed by atoms with Gasteiger partial charge in [-0.2, -0.15) is 13.2 Å². The lowest BCUT2D eigenvalue weighted by Gasteiger charge is -2.39. The van der Waals surface area contributed by atoms with Gasteiger partial charge in [-0.1, -0.05) is 30.2 Å². The third-order valence-corrected chi connectivity index (χ3v) is 4.35. The minimum absolute atomic E-state index is 0.0308. The van der Waals surface area contributed by atoms with Gasteiger partial charge < -0.3 is 4.90 Å². The van der Waals surface area contributed by atoms with Crippen LogP contribution in [0.3, 0.4) is 0 Å². The Bertz CT molecular complexity index is 829. The Morgan fingerprint density at radius 1 is 1.16 bits per heavy atom. The van der Waals surface area contributed by atoms with Crippen molar-refractivity contribution in [1.82, 2.24) is 4.90 Å². The fourth-order valence-corrected chi connectivity index (χ4v) is 3.08. The second kappa shape index (κ2) is 6.64. The molecule has 0 spiro atoms. The topological polar surface area (TPSA) is 20.3 Å². The van der Waals surface area contributed by atoms with Crippen LogP contribution in [0.5, 0.6) is 0 Å². The molecule has 1 aliphatic heterocycles. The zero-order chi connectivity index (χ0) is 18.0. The van der Waals surface area contributed by atoms with E-state index in [1.165, 1.54) is 12.1 Å². The number of likely N-dealkylation sites (tertiary alicyclic amines) is 1. The fourth-order valence-electron chi connectivity index (χ4n) is 3.08. The first-order valence-corrected chi connectivity index (χ1v) is 7.89. The molecule has 3 rings (SSSR count). The lowest BCUT2D eigenvalue weighted by molar-refractivity contribution is -0.138. The van der Waals surface area contributed by atoms with Crippen LogP contribution in [0.1, 0.15) is 27.0 Å². The van der Waals surface area contributed by atoms with Crippen LogP contribution in [0.15, 0.2) is 48.5 Å². The highest BCUT2D eigenvalue weighted by atomic mass is 19.4. The molecule has 2 nitrogen and oxygen atoms in total. The Morgan fingerprint density at radius 2 is 1.88 bits per heavy atom. The number of alkyl halides is 3. The van der Waals surface area contributed by atoms with Gasteiger partial charge in [0.05, 0.1) is 5.56 Å². The SMILES string of the molecule is C#Cc1cccc(C(=O)N2CC(Cc3ccccc3C(F)(F)F)C2)c1. The standard InChI is InChI=1S/C20H16F3NO/c1-2-14-6-5-8-17(10-14)19(25)24-12-15(13-24)11-16-7-3-4-9-18(16)20(21,22)23/h1,3-10,15H,11-13H2. The van der Waals surface area contributed by atoms with Gasteiger partial charge in [-0.15, -0.1) is 6.42 Å². The molecule has 0 aromatic heterocycles. The van der Waals surface area contributed by atoms with Crippen LogP contribution in [0, 0.1) is 18.3 Å². The van der Waals surface area contributed by atoms with Gasteiger partial charge in [0.15, 0.2) is 0 Å². The van der Waals surface area contributed by atoms with E-state index in [0.717, 1.165) is 6.07 Å². The smallest absolute Gasteiger partial charge is 0.338 e. The maximum Gasteiger partial charge on any atom is 0.416 e. The van der Waals surface area contributed by atoms with Crippen molar-refractivity contribution in [2.24, 2.45) is 5.92 Å². The van der Waals surface area contributed by atoms with Gasteiger partial charge in [0, 0.05) is 24.2 Å². The van der Waals surface area contributed by atoms with Gasteiger partial charge in [-0.05, 0) is 42.2 Å². The van der Waals surface area contributed by atoms with E-state index >= 15 is 0 Å². The largest absolute Gasteiger partial charge is 0.416 e. The number of hydrogen-bond acceptors (Lipinski definition) is 1. The highest BCUT2D eigenvalue weighted by Gasteiger charge is 2.36. The summed E-state index contributed by atoms with van der Waals surface area (Å²) in [5.41, 5.74) is 0.814.